The van der Waals surface area contributed by atoms with Crippen LogP contribution in [0.15, 0.2) is 36.4 Å². The van der Waals surface area contributed by atoms with Gasteiger partial charge in [-0.05, 0) is 48.2 Å². The molecule has 1 N–H and O–H groups in total. The van der Waals surface area contributed by atoms with Crippen molar-refractivity contribution in [3.63, 3.8) is 0 Å². The molecule has 1 fully saturated rings. The second-order valence-electron chi connectivity index (χ2n) is 7.53. The van der Waals surface area contributed by atoms with Crippen LogP contribution in [0.5, 0.6) is 5.75 Å². The van der Waals surface area contributed by atoms with Gasteiger partial charge in [-0.15, -0.1) is 0 Å². The monoisotopic (exact) mass is 341 g/mol. The number of aliphatic hydroxyl groups is 1. The maximum Gasteiger partial charge on any atom is 0.229 e. The van der Waals surface area contributed by atoms with E-state index in [0.29, 0.717) is 6.54 Å². The Bertz CT molecular complexity index is 773. The van der Waals surface area contributed by atoms with E-state index in [1.54, 1.807) is 7.11 Å². The second kappa shape index (κ2) is 7.04. The Kier molecular flexibility index (Phi) is 5.00. The summed E-state index contributed by atoms with van der Waals surface area (Å²) in [5, 5.41) is 11.8. The molecule has 1 heterocycles. The molecule has 4 nitrogen and oxygen atoms in total. The number of methoxy groups -OCH3 is 1. The van der Waals surface area contributed by atoms with Crippen LogP contribution in [0.2, 0.25) is 0 Å². The van der Waals surface area contributed by atoms with Crippen molar-refractivity contribution < 1.29 is 14.6 Å². The maximum absolute atomic E-state index is 13.0. The second-order valence-corrected chi connectivity index (χ2v) is 7.53. The molecule has 1 unspecified atom stereocenters. The summed E-state index contributed by atoms with van der Waals surface area (Å²) in [5.41, 5.74) is 0.854. The number of carbonyl (C=O) groups is 1. The summed E-state index contributed by atoms with van der Waals surface area (Å²) >= 11 is 0. The van der Waals surface area contributed by atoms with Crippen molar-refractivity contribution in [3.8, 4) is 5.75 Å². The van der Waals surface area contributed by atoms with Crippen LogP contribution in [0.1, 0.15) is 38.2 Å². The standard InChI is InChI=1S/C21H27NO3/c1-15(20(24)22-10-4-9-21(2,13-22)14-23)16-5-6-18-12-19(25-3)8-7-17(18)11-16/h5-8,11-12,15,23H,4,9-10,13-14H2,1-3H3/t15-,21?/m0/s1. The number of aliphatic hydroxyl groups excluding tert-OH is 1. The third-order valence-corrected chi connectivity index (χ3v) is 5.42. The van der Waals surface area contributed by atoms with Gasteiger partial charge in [0.25, 0.3) is 0 Å². The summed E-state index contributed by atoms with van der Waals surface area (Å²) < 4.78 is 5.27. The average molecular weight is 341 g/mol. The molecule has 0 spiro atoms. The first-order valence-corrected chi connectivity index (χ1v) is 8.93. The van der Waals surface area contributed by atoms with Crippen LogP contribution >= 0.6 is 0 Å². The zero-order valence-electron chi connectivity index (χ0n) is 15.3. The third kappa shape index (κ3) is 3.64. The molecule has 25 heavy (non-hydrogen) atoms. The lowest BCUT2D eigenvalue weighted by atomic mass is 9.82. The summed E-state index contributed by atoms with van der Waals surface area (Å²) in [6, 6.07) is 12.1. The molecule has 1 saturated heterocycles. The van der Waals surface area contributed by atoms with E-state index in [2.05, 4.69) is 13.0 Å². The SMILES string of the molecule is COc1ccc2cc([C@H](C)C(=O)N3CCCC(C)(CO)C3)ccc2c1. The van der Waals surface area contributed by atoms with E-state index in [1.165, 1.54) is 0 Å². The smallest absolute Gasteiger partial charge is 0.229 e. The topological polar surface area (TPSA) is 49.8 Å². The highest BCUT2D eigenvalue weighted by atomic mass is 16.5. The largest absolute Gasteiger partial charge is 0.497 e. The van der Waals surface area contributed by atoms with Gasteiger partial charge in [-0.1, -0.05) is 31.2 Å². The fourth-order valence-corrected chi connectivity index (χ4v) is 3.69. The van der Waals surface area contributed by atoms with Crippen LogP contribution in [0.4, 0.5) is 0 Å². The highest BCUT2D eigenvalue weighted by molar-refractivity contribution is 5.88. The Morgan fingerprint density at radius 1 is 1.28 bits per heavy atom. The number of piperidine rings is 1. The Balaban J connectivity index is 1.81. The van der Waals surface area contributed by atoms with Crippen molar-refractivity contribution in [2.75, 3.05) is 26.8 Å². The lowest BCUT2D eigenvalue weighted by molar-refractivity contribution is -0.136. The molecule has 4 heteroatoms. The average Bonchev–Trinajstić information content (AvgIpc) is 2.66. The maximum atomic E-state index is 13.0. The Hall–Kier alpha value is -2.07. The van der Waals surface area contributed by atoms with Crippen LogP contribution in [0.25, 0.3) is 10.8 Å². The third-order valence-electron chi connectivity index (χ3n) is 5.42. The van der Waals surface area contributed by atoms with E-state index in [9.17, 15) is 9.90 Å². The van der Waals surface area contributed by atoms with Crippen molar-refractivity contribution in [1.82, 2.24) is 4.90 Å². The molecule has 0 bridgehead atoms. The van der Waals surface area contributed by atoms with Gasteiger partial charge in [-0.3, -0.25) is 4.79 Å². The zero-order chi connectivity index (χ0) is 18.0. The molecule has 0 saturated carbocycles. The summed E-state index contributed by atoms with van der Waals surface area (Å²) in [5.74, 6) is 0.792. The molecule has 0 aliphatic carbocycles. The molecule has 2 aromatic carbocycles. The van der Waals surface area contributed by atoms with Gasteiger partial charge in [-0.2, -0.15) is 0 Å². The molecule has 1 aliphatic heterocycles. The highest BCUT2D eigenvalue weighted by Gasteiger charge is 2.34. The summed E-state index contributed by atoms with van der Waals surface area (Å²) in [7, 11) is 1.66. The number of hydrogen-bond donors (Lipinski definition) is 1. The predicted molar refractivity (Wildman–Crippen MR) is 99.9 cm³/mol. The van der Waals surface area contributed by atoms with E-state index < -0.39 is 0 Å². The minimum absolute atomic E-state index is 0.128. The molecular formula is C21H27NO3. The van der Waals surface area contributed by atoms with Crippen LogP contribution < -0.4 is 4.74 Å². The van der Waals surface area contributed by atoms with Crippen molar-refractivity contribution in [2.45, 2.75) is 32.6 Å². The van der Waals surface area contributed by atoms with Gasteiger partial charge < -0.3 is 14.7 Å². The number of amides is 1. The molecule has 3 rings (SSSR count). The van der Waals surface area contributed by atoms with Crippen molar-refractivity contribution in [2.24, 2.45) is 5.41 Å². The highest BCUT2D eigenvalue weighted by Crippen LogP contribution is 2.31. The van der Waals surface area contributed by atoms with Crippen molar-refractivity contribution in [3.05, 3.63) is 42.0 Å². The number of carbonyl (C=O) groups excluding carboxylic acids is 1. The molecular weight excluding hydrogens is 314 g/mol. The Morgan fingerprint density at radius 3 is 2.72 bits per heavy atom. The summed E-state index contributed by atoms with van der Waals surface area (Å²) in [4.78, 5) is 14.9. The van der Waals surface area contributed by atoms with Gasteiger partial charge in [0.2, 0.25) is 5.91 Å². The molecule has 134 valence electrons. The number of fused-ring (bicyclic) bond motifs is 1. The minimum atomic E-state index is -0.187. The first kappa shape index (κ1) is 17.7. The summed E-state index contributed by atoms with van der Waals surface area (Å²) in [6.07, 6.45) is 1.92. The molecule has 0 radical (unpaired) electrons. The van der Waals surface area contributed by atoms with Gasteiger partial charge in [0.1, 0.15) is 5.75 Å². The van der Waals surface area contributed by atoms with Gasteiger partial charge in [0, 0.05) is 18.5 Å². The van der Waals surface area contributed by atoms with Gasteiger partial charge >= 0.3 is 0 Å². The number of rotatable bonds is 4. The molecule has 1 amide bonds. The summed E-state index contributed by atoms with van der Waals surface area (Å²) in [6.45, 7) is 5.57. The first-order valence-electron chi connectivity index (χ1n) is 8.93. The molecule has 2 aromatic rings. The van der Waals surface area contributed by atoms with Crippen LogP contribution in [-0.4, -0.2) is 42.7 Å². The van der Waals surface area contributed by atoms with Gasteiger partial charge in [0.15, 0.2) is 0 Å². The normalized spacial score (nSPS) is 22.0. The van der Waals surface area contributed by atoms with Crippen molar-refractivity contribution >= 4 is 16.7 Å². The van der Waals surface area contributed by atoms with E-state index in [-0.39, 0.29) is 23.8 Å². The zero-order valence-corrected chi connectivity index (χ0v) is 15.3. The number of benzene rings is 2. The first-order chi connectivity index (χ1) is 12.0. The molecule has 0 aromatic heterocycles. The lowest BCUT2D eigenvalue weighted by Crippen LogP contribution is -2.47. The number of ether oxygens (including phenoxy) is 1. The predicted octanol–water partition coefficient (Wildman–Crippen LogP) is 3.57. The fourth-order valence-electron chi connectivity index (χ4n) is 3.69. The Morgan fingerprint density at radius 2 is 2.00 bits per heavy atom. The molecule has 1 aliphatic rings. The van der Waals surface area contributed by atoms with E-state index in [4.69, 9.17) is 4.74 Å². The van der Waals surface area contributed by atoms with Crippen LogP contribution in [-0.2, 0) is 4.79 Å². The number of likely N-dealkylation sites (tertiary alicyclic amines) is 1. The van der Waals surface area contributed by atoms with Gasteiger partial charge in [-0.25, -0.2) is 0 Å². The number of hydrogen-bond acceptors (Lipinski definition) is 3. The van der Waals surface area contributed by atoms with Crippen LogP contribution in [0, 0.1) is 5.41 Å². The minimum Gasteiger partial charge on any atom is -0.497 e. The van der Waals surface area contributed by atoms with E-state index in [0.717, 1.165) is 41.5 Å². The Labute approximate surface area is 149 Å². The van der Waals surface area contributed by atoms with E-state index >= 15 is 0 Å². The lowest BCUT2D eigenvalue weighted by Gasteiger charge is -2.40. The van der Waals surface area contributed by atoms with Gasteiger partial charge in [0.05, 0.1) is 19.6 Å². The van der Waals surface area contributed by atoms with Crippen LogP contribution in [0.3, 0.4) is 0 Å². The molecule has 2 atom stereocenters. The quantitative estimate of drug-likeness (QED) is 0.925. The van der Waals surface area contributed by atoms with E-state index in [1.807, 2.05) is 42.2 Å². The number of nitrogens with zero attached hydrogens (tertiary/aromatic N) is 1. The van der Waals surface area contributed by atoms with Crippen molar-refractivity contribution in [1.29, 1.82) is 0 Å². The fraction of sp³-hybridized carbons (Fsp3) is 0.476.